The summed E-state index contributed by atoms with van der Waals surface area (Å²) in [5, 5.41) is 2.89. The van der Waals surface area contributed by atoms with Crippen LogP contribution in [0.5, 0.6) is 11.5 Å². The van der Waals surface area contributed by atoms with Crippen molar-refractivity contribution in [1.82, 2.24) is 5.32 Å². The maximum absolute atomic E-state index is 11.7. The van der Waals surface area contributed by atoms with Crippen molar-refractivity contribution in [3.63, 3.8) is 0 Å². The van der Waals surface area contributed by atoms with Crippen molar-refractivity contribution in [2.24, 2.45) is 5.73 Å². The molecule has 3 N–H and O–H groups in total. The molecule has 1 aromatic rings. The van der Waals surface area contributed by atoms with Crippen LogP contribution in [0, 0.1) is 0 Å². The average molecular weight is 292 g/mol. The highest BCUT2D eigenvalue weighted by molar-refractivity contribution is 5.78. The fourth-order valence-corrected chi connectivity index (χ4v) is 2.08. The molecule has 0 radical (unpaired) electrons. The molecule has 1 fully saturated rings. The first-order chi connectivity index (χ1) is 10.1. The molecule has 5 heteroatoms. The Hall–Kier alpha value is -1.75. The zero-order valence-electron chi connectivity index (χ0n) is 12.7. The monoisotopic (exact) mass is 292 g/mol. The van der Waals surface area contributed by atoms with Gasteiger partial charge in [0, 0.05) is 12.1 Å². The van der Waals surface area contributed by atoms with Gasteiger partial charge in [0.05, 0.1) is 6.61 Å². The maximum Gasteiger partial charge on any atom is 0.258 e. The molecule has 0 aliphatic heterocycles. The summed E-state index contributed by atoms with van der Waals surface area (Å²) in [6.07, 6.45) is 2.92. The van der Waals surface area contributed by atoms with Crippen molar-refractivity contribution in [3.8, 4) is 11.5 Å². The molecular formula is C16H24N2O3. The topological polar surface area (TPSA) is 73.6 Å². The van der Waals surface area contributed by atoms with Crippen LogP contribution in [0.15, 0.2) is 18.2 Å². The van der Waals surface area contributed by atoms with Crippen LogP contribution in [-0.4, -0.2) is 31.2 Å². The number of amides is 1. The molecule has 5 nitrogen and oxygen atoms in total. The highest BCUT2D eigenvalue weighted by atomic mass is 16.5. The number of nitrogens with one attached hydrogen (secondary N) is 1. The fraction of sp³-hybridized carbons (Fsp3) is 0.562. The lowest BCUT2D eigenvalue weighted by Crippen LogP contribution is -2.30. The second kappa shape index (κ2) is 7.31. The van der Waals surface area contributed by atoms with Gasteiger partial charge in [0.1, 0.15) is 0 Å². The van der Waals surface area contributed by atoms with Crippen molar-refractivity contribution in [3.05, 3.63) is 23.8 Å². The Balaban J connectivity index is 1.97. The highest BCUT2D eigenvalue weighted by Crippen LogP contribution is 2.29. The number of benzene rings is 1. The van der Waals surface area contributed by atoms with Gasteiger partial charge in [-0.05, 0) is 50.8 Å². The summed E-state index contributed by atoms with van der Waals surface area (Å²) >= 11 is 0. The van der Waals surface area contributed by atoms with Gasteiger partial charge in [0.25, 0.3) is 5.91 Å². The molecule has 116 valence electrons. The number of nitrogens with two attached hydrogens (primary N) is 1. The van der Waals surface area contributed by atoms with E-state index in [1.54, 1.807) is 0 Å². The summed E-state index contributed by atoms with van der Waals surface area (Å²) in [6, 6.07) is 6.17. The van der Waals surface area contributed by atoms with E-state index in [0.29, 0.717) is 24.1 Å². The van der Waals surface area contributed by atoms with E-state index < -0.39 is 0 Å². The lowest BCUT2D eigenvalue weighted by atomic mass is 10.1. The van der Waals surface area contributed by atoms with Gasteiger partial charge in [0.2, 0.25) is 0 Å². The third kappa shape index (κ3) is 5.27. The lowest BCUT2D eigenvalue weighted by molar-refractivity contribution is -0.123. The Kier molecular flexibility index (Phi) is 5.44. The van der Waals surface area contributed by atoms with E-state index in [9.17, 15) is 4.79 Å². The highest BCUT2D eigenvalue weighted by Gasteiger charge is 2.23. The largest absolute Gasteiger partial charge is 0.490 e. The van der Waals surface area contributed by atoms with E-state index in [0.717, 1.165) is 24.8 Å². The van der Waals surface area contributed by atoms with Crippen LogP contribution in [0.4, 0.5) is 0 Å². The molecule has 0 bridgehead atoms. The Labute approximate surface area is 125 Å². The summed E-state index contributed by atoms with van der Waals surface area (Å²) in [6.45, 7) is 4.45. The van der Waals surface area contributed by atoms with Gasteiger partial charge >= 0.3 is 0 Å². The van der Waals surface area contributed by atoms with Gasteiger partial charge in [-0.1, -0.05) is 6.07 Å². The van der Waals surface area contributed by atoms with Gasteiger partial charge in [-0.2, -0.15) is 0 Å². The normalized spacial score (nSPS) is 15.4. The van der Waals surface area contributed by atoms with Gasteiger partial charge in [0.15, 0.2) is 18.1 Å². The zero-order chi connectivity index (χ0) is 15.2. The standard InChI is InChI=1S/C16H24N2O3/c1-3-20-15-9-12(8-11(2)17)4-7-14(15)21-10-16(19)18-13-5-6-13/h4,7,9,11,13H,3,5-6,8,10,17H2,1-2H3,(H,18,19). The van der Waals surface area contributed by atoms with E-state index in [1.807, 2.05) is 32.0 Å². The van der Waals surface area contributed by atoms with Crippen molar-refractivity contribution < 1.29 is 14.3 Å². The zero-order valence-corrected chi connectivity index (χ0v) is 12.7. The number of rotatable bonds is 8. The van der Waals surface area contributed by atoms with Gasteiger partial charge in [-0.3, -0.25) is 4.79 Å². The molecule has 1 aromatic carbocycles. The van der Waals surface area contributed by atoms with Crippen LogP contribution in [0.2, 0.25) is 0 Å². The lowest BCUT2D eigenvalue weighted by Gasteiger charge is -2.14. The molecule has 1 aliphatic carbocycles. The quantitative estimate of drug-likeness (QED) is 0.764. The second-order valence-corrected chi connectivity index (χ2v) is 5.53. The fourth-order valence-electron chi connectivity index (χ4n) is 2.08. The minimum Gasteiger partial charge on any atom is -0.490 e. The van der Waals surface area contributed by atoms with Crippen molar-refractivity contribution in [2.75, 3.05) is 13.2 Å². The van der Waals surface area contributed by atoms with Crippen LogP contribution in [0.25, 0.3) is 0 Å². The molecule has 1 aliphatic rings. The van der Waals surface area contributed by atoms with Gasteiger partial charge < -0.3 is 20.5 Å². The van der Waals surface area contributed by atoms with Crippen LogP contribution in [0.3, 0.4) is 0 Å². The van der Waals surface area contributed by atoms with Crippen LogP contribution >= 0.6 is 0 Å². The third-order valence-corrected chi connectivity index (χ3v) is 3.17. The van der Waals surface area contributed by atoms with Crippen LogP contribution in [-0.2, 0) is 11.2 Å². The van der Waals surface area contributed by atoms with Crippen LogP contribution < -0.4 is 20.5 Å². The number of hydrogen-bond donors (Lipinski definition) is 2. The summed E-state index contributed by atoms with van der Waals surface area (Å²) in [7, 11) is 0. The molecule has 1 amide bonds. The van der Waals surface area contributed by atoms with Crippen LogP contribution in [0.1, 0.15) is 32.3 Å². The van der Waals surface area contributed by atoms with E-state index in [1.165, 1.54) is 0 Å². The predicted molar refractivity (Wildman–Crippen MR) is 81.6 cm³/mol. The minimum absolute atomic E-state index is 0.0171. The Morgan fingerprint density at radius 3 is 2.76 bits per heavy atom. The molecule has 0 aromatic heterocycles. The molecule has 21 heavy (non-hydrogen) atoms. The number of ether oxygens (including phenoxy) is 2. The van der Waals surface area contributed by atoms with Gasteiger partial charge in [-0.15, -0.1) is 0 Å². The van der Waals surface area contributed by atoms with E-state index >= 15 is 0 Å². The van der Waals surface area contributed by atoms with E-state index in [4.69, 9.17) is 15.2 Å². The molecule has 0 spiro atoms. The number of hydrogen-bond acceptors (Lipinski definition) is 4. The van der Waals surface area contributed by atoms with Gasteiger partial charge in [-0.25, -0.2) is 0 Å². The first kappa shape index (κ1) is 15.6. The average Bonchev–Trinajstić information content (AvgIpc) is 3.21. The SMILES string of the molecule is CCOc1cc(CC(C)N)ccc1OCC(=O)NC1CC1. The molecule has 1 saturated carbocycles. The third-order valence-electron chi connectivity index (χ3n) is 3.17. The number of carbonyl (C=O) groups excluding carboxylic acids is 1. The molecular weight excluding hydrogens is 268 g/mol. The minimum atomic E-state index is -0.0837. The summed E-state index contributed by atoms with van der Waals surface area (Å²) in [5.41, 5.74) is 6.91. The maximum atomic E-state index is 11.7. The summed E-state index contributed by atoms with van der Waals surface area (Å²) in [4.78, 5) is 11.7. The molecule has 1 unspecified atom stereocenters. The molecule has 2 rings (SSSR count). The molecule has 0 heterocycles. The van der Waals surface area contributed by atoms with Crippen molar-refractivity contribution >= 4 is 5.91 Å². The molecule has 0 saturated heterocycles. The van der Waals surface area contributed by atoms with Crippen molar-refractivity contribution in [1.29, 1.82) is 0 Å². The Bertz CT molecular complexity index is 484. The number of carbonyl (C=O) groups is 1. The summed E-state index contributed by atoms with van der Waals surface area (Å²) in [5.74, 6) is 1.17. The Morgan fingerprint density at radius 2 is 2.14 bits per heavy atom. The summed E-state index contributed by atoms with van der Waals surface area (Å²) < 4.78 is 11.2. The Morgan fingerprint density at radius 1 is 1.38 bits per heavy atom. The molecule has 1 atom stereocenters. The first-order valence-electron chi connectivity index (χ1n) is 7.52. The smallest absolute Gasteiger partial charge is 0.258 e. The second-order valence-electron chi connectivity index (χ2n) is 5.53. The van der Waals surface area contributed by atoms with E-state index in [-0.39, 0.29) is 18.6 Å². The van der Waals surface area contributed by atoms with Crippen molar-refractivity contribution in [2.45, 2.75) is 45.2 Å². The van der Waals surface area contributed by atoms with E-state index in [2.05, 4.69) is 5.32 Å². The first-order valence-corrected chi connectivity index (χ1v) is 7.52. The predicted octanol–water partition coefficient (Wildman–Crippen LogP) is 1.63.